The van der Waals surface area contributed by atoms with Gasteiger partial charge in [-0.15, -0.1) is 5.26 Å². The Balaban J connectivity index is 2.43. The summed E-state index contributed by atoms with van der Waals surface area (Å²) in [5.74, 6) is 0.443. The second kappa shape index (κ2) is 3.62. The van der Waals surface area contributed by atoms with Gasteiger partial charge in [0.1, 0.15) is 5.69 Å². The monoisotopic (exact) mass is 185 g/mol. The van der Waals surface area contributed by atoms with Crippen molar-refractivity contribution in [3.8, 4) is 23.3 Å². The third-order valence-corrected chi connectivity index (χ3v) is 1.81. The third-order valence-electron chi connectivity index (χ3n) is 1.81. The van der Waals surface area contributed by atoms with Crippen LogP contribution in [0.5, 0.6) is 5.75 Å². The molecule has 0 amide bonds. The maximum atomic E-state index is 8.40. The minimum atomic E-state index is 0.443. The molecule has 0 fully saturated rings. The van der Waals surface area contributed by atoms with E-state index in [1.165, 1.54) is 0 Å². The Morgan fingerprint density at radius 3 is 2.79 bits per heavy atom. The highest BCUT2D eigenvalue weighted by molar-refractivity contribution is 5.65. The summed E-state index contributed by atoms with van der Waals surface area (Å²) < 4.78 is 4.74. The van der Waals surface area contributed by atoms with Crippen LogP contribution in [0.3, 0.4) is 0 Å². The van der Waals surface area contributed by atoms with Gasteiger partial charge in [-0.3, -0.25) is 5.10 Å². The number of nitrogens with one attached hydrogen (secondary N) is 1. The normalized spacial score (nSPS) is 9.36. The van der Waals surface area contributed by atoms with Crippen LogP contribution < -0.4 is 4.74 Å². The van der Waals surface area contributed by atoms with Crippen LogP contribution in [-0.4, -0.2) is 10.2 Å². The number of rotatable bonds is 2. The minimum Gasteiger partial charge on any atom is -0.384 e. The van der Waals surface area contributed by atoms with Gasteiger partial charge in [-0.1, -0.05) is 30.3 Å². The first kappa shape index (κ1) is 8.32. The van der Waals surface area contributed by atoms with Crippen molar-refractivity contribution in [3.05, 3.63) is 36.5 Å². The zero-order valence-electron chi connectivity index (χ0n) is 7.27. The van der Waals surface area contributed by atoms with E-state index in [2.05, 4.69) is 10.2 Å². The van der Waals surface area contributed by atoms with Crippen molar-refractivity contribution in [1.82, 2.24) is 10.2 Å². The summed E-state index contributed by atoms with van der Waals surface area (Å²) in [6.07, 6.45) is 3.17. The lowest BCUT2D eigenvalue weighted by atomic mass is 10.1. The maximum absolute atomic E-state index is 8.40. The van der Waals surface area contributed by atoms with Gasteiger partial charge < -0.3 is 4.74 Å². The minimum absolute atomic E-state index is 0.443. The first-order valence-corrected chi connectivity index (χ1v) is 4.07. The van der Waals surface area contributed by atoms with Crippen LogP contribution in [0.25, 0.3) is 11.3 Å². The molecule has 2 rings (SSSR count). The maximum Gasteiger partial charge on any atom is 0.292 e. The first-order chi connectivity index (χ1) is 6.92. The highest BCUT2D eigenvalue weighted by Gasteiger charge is 2.08. The summed E-state index contributed by atoms with van der Waals surface area (Å²) in [6.45, 7) is 0. The molecule has 0 bridgehead atoms. The van der Waals surface area contributed by atoms with Crippen LogP contribution in [0.2, 0.25) is 0 Å². The van der Waals surface area contributed by atoms with E-state index in [0.29, 0.717) is 11.4 Å². The molecule has 14 heavy (non-hydrogen) atoms. The molecular formula is C10H7N3O. The van der Waals surface area contributed by atoms with Gasteiger partial charge >= 0.3 is 0 Å². The van der Waals surface area contributed by atoms with Crippen LogP contribution in [-0.2, 0) is 0 Å². The summed E-state index contributed by atoms with van der Waals surface area (Å²) in [5.41, 5.74) is 1.56. The molecule has 1 N–H and O–H groups in total. The Morgan fingerprint density at radius 2 is 2.07 bits per heavy atom. The number of nitriles is 1. The Morgan fingerprint density at radius 1 is 1.29 bits per heavy atom. The molecule has 4 heteroatoms. The number of H-pyrrole nitrogens is 1. The number of nitrogens with zero attached hydrogens (tertiary/aromatic N) is 2. The van der Waals surface area contributed by atoms with Gasteiger partial charge in [0, 0.05) is 5.56 Å². The van der Waals surface area contributed by atoms with Crippen molar-refractivity contribution in [1.29, 1.82) is 5.26 Å². The van der Waals surface area contributed by atoms with Crippen molar-refractivity contribution in [2.24, 2.45) is 0 Å². The van der Waals surface area contributed by atoms with E-state index in [9.17, 15) is 0 Å². The predicted molar refractivity (Wildman–Crippen MR) is 50.3 cm³/mol. The molecule has 1 heterocycles. The Kier molecular flexibility index (Phi) is 2.15. The van der Waals surface area contributed by atoms with Gasteiger partial charge in [-0.2, -0.15) is 5.10 Å². The second-order valence-corrected chi connectivity index (χ2v) is 2.66. The van der Waals surface area contributed by atoms with E-state index in [0.717, 1.165) is 5.56 Å². The van der Waals surface area contributed by atoms with E-state index >= 15 is 0 Å². The fraction of sp³-hybridized carbons (Fsp3) is 0. The highest BCUT2D eigenvalue weighted by Crippen LogP contribution is 2.26. The lowest BCUT2D eigenvalue weighted by Gasteiger charge is -1.97. The Bertz CT molecular complexity index is 456. The molecule has 0 aliphatic heterocycles. The van der Waals surface area contributed by atoms with Gasteiger partial charge in [0.25, 0.3) is 6.26 Å². The molecule has 0 aliphatic carbocycles. The number of hydrogen-bond acceptors (Lipinski definition) is 3. The number of benzene rings is 1. The quantitative estimate of drug-likeness (QED) is 0.727. The fourth-order valence-corrected chi connectivity index (χ4v) is 1.21. The average molecular weight is 185 g/mol. The molecule has 4 nitrogen and oxygen atoms in total. The summed E-state index contributed by atoms with van der Waals surface area (Å²) in [6, 6.07) is 9.53. The van der Waals surface area contributed by atoms with Crippen molar-refractivity contribution in [2.75, 3.05) is 0 Å². The summed E-state index contributed by atoms with van der Waals surface area (Å²) in [7, 11) is 0. The summed E-state index contributed by atoms with van der Waals surface area (Å²) in [4.78, 5) is 0. The zero-order chi connectivity index (χ0) is 9.80. The summed E-state index contributed by atoms with van der Waals surface area (Å²) in [5, 5.41) is 15.1. The van der Waals surface area contributed by atoms with Gasteiger partial charge in [-0.25, -0.2) is 0 Å². The first-order valence-electron chi connectivity index (χ1n) is 4.07. The van der Waals surface area contributed by atoms with Gasteiger partial charge in [0.05, 0.1) is 6.20 Å². The molecular weight excluding hydrogens is 178 g/mol. The standard InChI is InChI=1S/C10H7N3O/c11-7-14-9-6-12-13-10(9)8-4-2-1-3-5-8/h1-6H,(H,12,13). The van der Waals surface area contributed by atoms with Gasteiger partial charge in [-0.05, 0) is 0 Å². The SMILES string of the molecule is N#COc1c[nH]nc1-c1ccccc1. The average Bonchev–Trinajstić information content (AvgIpc) is 2.68. The van der Waals surface area contributed by atoms with Crippen molar-refractivity contribution < 1.29 is 4.74 Å². The molecule has 1 aromatic carbocycles. The fourth-order valence-electron chi connectivity index (χ4n) is 1.21. The summed E-state index contributed by atoms with van der Waals surface area (Å²) >= 11 is 0. The number of aromatic nitrogens is 2. The van der Waals surface area contributed by atoms with Crippen molar-refractivity contribution in [3.63, 3.8) is 0 Å². The van der Waals surface area contributed by atoms with Crippen molar-refractivity contribution in [2.45, 2.75) is 0 Å². The number of ether oxygens (including phenoxy) is 1. The zero-order valence-corrected chi connectivity index (χ0v) is 7.27. The highest BCUT2D eigenvalue weighted by atomic mass is 16.5. The van der Waals surface area contributed by atoms with Crippen molar-refractivity contribution >= 4 is 0 Å². The van der Waals surface area contributed by atoms with E-state index in [-0.39, 0.29) is 0 Å². The van der Waals surface area contributed by atoms with Crippen LogP contribution in [0, 0.1) is 11.5 Å². The molecule has 0 saturated carbocycles. The van der Waals surface area contributed by atoms with E-state index in [1.807, 2.05) is 30.3 Å². The lowest BCUT2D eigenvalue weighted by molar-refractivity contribution is 0.509. The number of hydrogen-bond donors (Lipinski definition) is 1. The van der Waals surface area contributed by atoms with Gasteiger partial charge in [0.15, 0.2) is 5.75 Å². The molecule has 0 aliphatic rings. The molecule has 1 aromatic heterocycles. The Hall–Kier alpha value is -2.28. The Labute approximate surface area is 80.8 Å². The molecule has 0 unspecified atom stereocenters. The third kappa shape index (κ3) is 1.43. The van der Waals surface area contributed by atoms with Crippen LogP contribution >= 0.6 is 0 Å². The number of aromatic amines is 1. The van der Waals surface area contributed by atoms with E-state index < -0.39 is 0 Å². The van der Waals surface area contributed by atoms with Crippen LogP contribution in [0.1, 0.15) is 0 Å². The molecule has 0 radical (unpaired) electrons. The molecule has 0 atom stereocenters. The second-order valence-electron chi connectivity index (χ2n) is 2.66. The van der Waals surface area contributed by atoms with Crippen LogP contribution in [0.15, 0.2) is 36.5 Å². The van der Waals surface area contributed by atoms with E-state index in [1.54, 1.807) is 12.5 Å². The molecule has 0 spiro atoms. The molecule has 2 aromatic rings. The molecule has 0 saturated heterocycles. The smallest absolute Gasteiger partial charge is 0.292 e. The van der Waals surface area contributed by atoms with E-state index in [4.69, 9.17) is 10.00 Å². The topological polar surface area (TPSA) is 61.7 Å². The largest absolute Gasteiger partial charge is 0.384 e. The molecule has 68 valence electrons. The van der Waals surface area contributed by atoms with Gasteiger partial charge in [0.2, 0.25) is 0 Å². The van der Waals surface area contributed by atoms with Crippen LogP contribution in [0.4, 0.5) is 0 Å². The lowest BCUT2D eigenvalue weighted by Crippen LogP contribution is -1.83. The predicted octanol–water partition coefficient (Wildman–Crippen LogP) is 1.94.